The van der Waals surface area contributed by atoms with Crippen LogP contribution < -0.4 is 31.2 Å². The predicted molar refractivity (Wildman–Crippen MR) is 162 cm³/mol. The van der Waals surface area contributed by atoms with Gasteiger partial charge in [-0.3, -0.25) is 4.18 Å². The van der Waals surface area contributed by atoms with Crippen molar-refractivity contribution in [2.24, 2.45) is 7.05 Å². The number of nitrogens with two attached hydrogens (primary N) is 2. The van der Waals surface area contributed by atoms with Gasteiger partial charge in [0.05, 0.1) is 31.3 Å². The highest BCUT2D eigenvalue weighted by molar-refractivity contribution is 7.85. The van der Waals surface area contributed by atoms with Crippen LogP contribution in [0.1, 0.15) is 32.9 Å². The number of pyridine rings is 1. The van der Waals surface area contributed by atoms with Gasteiger partial charge in [-0.15, -0.1) is 0 Å². The van der Waals surface area contributed by atoms with Crippen LogP contribution in [0.5, 0.6) is 11.5 Å². The molecule has 1 heterocycles. The monoisotopic (exact) mass is 558 g/mol. The van der Waals surface area contributed by atoms with Crippen molar-refractivity contribution in [3.8, 4) is 11.5 Å². The highest BCUT2D eigenvalue weighted by Crippen LogP contribution is 2.19. The van der Waals surface area contributed by atoms with Gasteiger partial charge in [-0.1, -0.05) is 62.9 Å². The van der Waals surface area contributed by atoms with Crippen molar-refractivity contribution in [2.45, 2.75) is 33.6 Å². The van der Waals surface area contributed by atoms with Crippen LogP contribution in [0.3, 0.4) is 0 Å². The maximum atomic E-state index is 9.78. The number of aryl methyl sites for hydroxylation is 2. The Morgan fingerprint density at radius 1 is 1.05 bits per heavy atom. The first-order valence-corrected chi connectivity index (χ1v) is 14.4. The second-order valence-electron chi connectivity index (χ2n) is 7.93. The van der Waals surface area contributed by atoms with Gasteiger partial charge in [0, 0.05) is 23.8 Å². The quantitative estimate of drug-likeness (QED) is 0.133. The van der Waals surface area contributed by atoms with E-state index < -0.39 is 10.1 Å². The van der Waals surface area contributed by atoms with Crippen molar-refractivity contribution in [3.05, 3.63) is 89.1 Å². The molecular formula is C30H44N3O5S+. The molecule has 5 N–H and O–H groups in total. The minimum absolute atomic E-state index is 0.100. The Bertz CT molecular complexity index is 1330. The lowest BCUT2D eigenvalue weighted by Crippen LogP contribution is -2.32. The average Bonchev–Trinajstić information content (AvgIpc) is 2.92. The van der Waals surface area contributed by atoms with Crippen LogP contribution in [-0.4, -0.2) is 33.5 Å². The summed E-state index contributed by atoms with van der Waals surface area (Å²) in [4.78, 5) is 0. The van der Waals surface area contributed by atoms with E-state index in [2.05, 4.69) is 40.7 Å². The Labute approximate surface area is 233 Å². The molecule has 0 aliphatic rings. The fourth-order valence-electron chi connectivity index (χ4n) is 2.93. The molecule has 0 unspecified atom stereocenters. The number of nitrogens with zero attached hydrogens (tertiary/aromatic N) is 1. The van der Waals surface area contributed by atoms with Gasteiger partial charge in [-0.05, 0) is 36.8 Å². The Balaban J connectivity index is 0.000000602. The van der Waals surface area contributed by atoms with E-state index in [1.165, 1.54) is 5.69 Å². The number of nitrogen functional groups attached to an aromatic ring is 2. The van der Waals surface area contributed by atoms with Crippen molar-refractivity contribution in [1.29, 1.82) is 0 Å². The first-order chi connectivity index (χ1) is 18.5. The molecule has 2 aromatic carbocycles. The first-order valence-electron chi connectivity index (χ1n) is 12.6. The minimum atomic E-state index is -3.16. The lowest BCUT2D eigenvalue weighted by atomic mass is 10.2. The Morgan fingerprint density at radius 3 is 2.23 bits per heavy atom. The van der Waals surface area contributed by atoms with Crippen LogP contribution in [0.15, 0.2) is 72.9 Å². The zero-order valence-corrected chi connectivity index (χ0v) is 24.7. The molecule has 214 valence electrons. The van der Waals surface area contributed by atoms with E-state index in [0.29, 0.717) is 18.0 Å². The molecule has 0 radical (unpaired) electrons. The molecule has 9 heteroatoms. The summed E-state index contributed by atoms with van der Waals surface area (Å²) in [6.07, 6.45) is 10.6. The first kappa shape index (κ1) is 35.2. The molecule has 0 spiro atoms. The van der Waals surface area contributed by atoms with Gasteiger partial charge in [0.2, 0.25) is 0 Å². The molecule has 0 atom stereocenters. The van der Waals surface area contributed by atoms with Crippen molar-refractivity contribution in [2.75, 3.05) is 31.4 Å². The molecule has 0 amide bonds. The predicted octanol–water partition coefficient (Wildman–Crippen LogP) is 3.46. The number of phenolic OH excluding ortho intramolecular Hbond substituents is 1. The number of para-hydroxylation sites is 2. The second kappa shape index (κ2) is 19.3. The largest absolute Gasteiger partial charge is 0.506 e. The molecule has 0 saturated heterocycles. The number of benzene rings is 2. The topological polar surface area (TPSA) is 129 Å². The van der Waals surface area contributed by atoms with E-state index in [-0.39, 0.29) is 5.75 Å². The number of anilines is 2. The van der Waals surface area contributed by atoms with E-state index in [4.69, 9.17) is 16.2 Å². The smallest absolute Gasteiger partial charge is 0.264 e. The third-order valence-corrected chi connectivity index (χ3v) is 5.63. The molecule has 0 aliphatic heterocycles. The summed E-state index contributed by atoms with van der Waals surface area (Å²) in [5.74, 6) is 0.873. The van der Waals surface area contributed by atoms with Crippen molar-refractivity contribution >= 4 is 34.1 Å². The SMILES string of the molecule is C=c1ccc(O)c(N)/c1=C/C=C\C.CC.COS(C)(=O)=O.C[n+]1ccccc1CCCOc1ccccc1N. The summed E-state index contributed by atoms with van der Waals surface area (Å²) in [6.45, 7) is 10.4. The average molecular weight is 559 g/mol. The second-order valence-corrected chi connectivity index (χ2v) is 9.67. The number of ether oxygens (including phenoxy) is 1. The molecule has 0 aliphatic carbocycles. The molecular weight excluding hydrogens is 514 g/mol. The number of phenols is 1. The number of aromatic hydroxyl groups is 1. The van der Waals surface area contributed by atoms with Crippen LogP contribution in [0.2, 0.25) is 0 Å². The number of rotatable bonds is 7. The Kier molecular flexibility index (Phi) is 17.4. The fourth-order valence-corrected chi connectivity index (χ4v) is 2.93. The zero-order valence-electron chi connectivity index (χ0n) is 23.9. The standard InChI is InChI=1S/C15H19N2O.C11H13NO.C2H6O3S.C2H6/c1-17-11-5-4-7-13(17)8-6-12-18-15-10-3-2-9-14(15)16;1-3-4-5-9-8(2)6-7-10(13)11(9)12;1-5-6(2,3)4;1-2/h2-5,7,9-11H,6,8,12,16H2,1H3;3-7,13H,2,12H2,1H3;1-2H3;1-2H3/q+1;;;/b;4-3-,9-5+;;. The summed E-state index contributed by atoms with van der Waals surface area (Å²) < 4.78 is 31.3. The highest BCUT2D eigenvalue weighted by atomic mass is 32.2. The minimum Gasteiger partial charge on any atom is -0.506 e. The zero-order chi connectivity index (χ0) is 29.8. The van der Waals surface area contributed by atoms with E-state index in [1.54, 1.807) is 12.1 Å². The van der Waals surface area contributed by atoms with Gasteiger partial charge in [0.25, 0.3) is 10.1 Å². The molecule has 8 nitrogen and oxygen atoms in total. The van der Waals surface area contributed by atoms with E-state index >= 15 is 0 Å². The summed E-state index contributed by atoms with van der Waals surface area (Å²) in [6, 6.07) is 17.1. The van der Waals surface area contributed by atoms with Crippen molar-refractivity contribution in [1.82, 2.24) is 0 Å². The van der Waals surface area contributed by atoms with Gasteiger partial charge in [0.1, 0.15) is 18.5 Å². The normalized spacial score (nSPS) is 10.9. The number of hydrogen-bond donors (Lipinski definition) is 3. The Hall–Kier alpha value is -3.82. The summed E-state index contributed by atoms with van der Waals surface area (Å²) in [7, 11) is 0.0192. The summed E-state index contributed by atoms with van der Waals surface area (Å²) in [5, 5.41) is 10.9. The van der Waals surface area contributed by atoms with E-state index in [0.717, 1.165) is 42.4 Å². The van der Waals surface area contributed by atoms with E-state index in [9.17, 15) is 13.5 Å². The molecule has 3 aromatic rings. The van der Waals surface area contributed by atoms with Gasteiger partial charge < -0.3 is 21.3 Å². The van der Waals surface area contributed by atoms with Crippen LogP contribution in [0.4, 0.5) is 11.4 Å². The number of aromatic nitrogens is 1. The molecule has 0 bridgehead atoms. The lowest BCUT2D eigenvalue weighted by Gasteiger charge is -2.07. The lowest BCUT2D eigenvalue weighted by molar-refractivity contribution is -0.679. The summed E-state index contributed by atoms with van der Waals surface area (Å²) in [5.41, 5.74) is 13.9. The van der Waals surface area contributed by atoms with Crippen LogP contribution >= 0.6 is 0 Å². The molecule has 39 heavy (non-hydrogen) atoms. The molecule has 0 fully saturated rings. The van der Waals surface area contributed by atoms with E-state index in [1.807, 2.05) is 69.3 Å². The maximum absolute atomic E-state index is 9.78. The van der Waals surface area contributed by atoms with Gasteiger partial charge >= 0.3 is 0 Å². The van der Waals surface area contributed by atoms with Crippen molar-refractivity contribution < 1.29 is 27.0 Å². The number of allylic oxidation sites excluding steroid dienone is 2. The molecule has 0 saturated carbocycles. The van der Waals surface area contributed by atoms with Crippen LogP contribution in [0, 0.1) is 0 Å². The fraction of sp³-hybridized carbons (Fsp3) is 0.300. The van der Waals surface area contributed by atoms with Gasteiger partial charge in [0.15, 0.2) is 11.9 Å². The third-order valence-electron chi connectivity index (χ3n) is 5.03. The number of hydrogen-bond acceptors (Lipinski definition) is 7. The third kappa shape index (κ3) is 14.6. The van der Waals surface area contributed by atoms with Crippen LogP contribution in [0.25, 0.3) is 12.7 Å². The van der Waals surface area contributed by atoms with Crippen LogP contribution in [-0.2, 0) is 27.8 Å². The van der Waals surface area contributed by atoms with Crippen molar-refractivity contribution in [3.63, 3.8) is 0 Å². The van der Waals surface area contributed by atoms with Gasteiger partial charge in [-0.2, -0.15) is 8.42 Å². The summed E-state index contributed by atoms with van der Waals surface area (Å²) >= 11 is 0. The Morgan fingerprint density at radius 2 is 1.67 bits per heavy atom. The highest BCUT2D eigenvalue weighted by Gasteiger charge is 2.05. The maximum Gasteiger partial charge on any atom is 0.264 e. The molecule has 3 rings (SSSR count). The van der Waals surface area contributed by atoms with Gasteiger partial charge in [-0.25, -0.2) is 4.57 Å². The molecule has 1 aromatic heterocycles.